The van der Waals surface area contributed by atoms with Gasteiger partial charge in [0.2, 0.25) is 0 Å². The molecule has 5 heteroatoms. The molecule has 0 saturated carbocycles. The third kappa shape index (κ3) is 2.81. The van der Waals surface area contributed by atoms with Gasteiger partial charge in [0, 0.05) is 30.6 Å². The van der Waals surface area contributed by atoms with Crippen LogP contribution < -0.4 is 5.73 Å². The van der Waals surface area contributed by atoms with Gasteiger partial charge in [0.05, 0.1) is 10.7 Å². The molecule has 88 valence electrons. The first-order valence-corrected chi connectivity index (χ1v) is 6.93. The van der Waals surface area contributed by atoms with Gasteiger partial charge in [0.1, 0.15) is 5.82 Å². The fraction of sp³-hybridized carbons (Fsp3) is 0.545. The van der Waals surface area contributed by atoms with Crippen LogP contribution in [-0.4, -0.2) is 34.0 Å². The van der Waals surface area contributed by atoms with Crippen LogP contribution in [0.5, 0.6) is 0 Å². The summed E-state index contributed by atoms with van der Waals surface area (Å²) in [7, 11) is 0. The Morgan fingerprint density at radius 2 is 2.44 bits per heavy atom. The monoisotopic (exact) mass is 257 g/mol. The van der Waals surface area contributed by atoms with Crippen molar-refractivity contribution in [2.24, 2.45) is 0 Å². The van der Waals surface area contributed by atoms with E-state index in [4.69, 9.17) is 17.3 Å². The van der Waals surface area contributed by atoms with Crippen LogP contribution in [-0.2, 0) is 6.54 Å². The van der Waals surface area contributed by atoms with E-state index in [0.717, 1.165) is 18.8 Å². The molecule has 1 unspecified atom stereocenters. The van der Waals surface area contributed by atoms with Crippen molar-refractivity contribution < 1.29 is 0 Å². The summed E-state index contributed by atoms with van der Waals surface area (Å²) in [5.74, 6) is 2.91. The molecule has 1 atom stereocenters. The lowest BCUT2D eigenvalue weighted by molar-refractivity contribution is 0.221. The quantitative estimate of drug-likeness (QED) is 0.883. The highest BCUT2D eigenvalue weighted by Crippen LogP contribution is 2.22. The zero-order valence-electron chi connectivity index (χ0n) is 9.32. The number of pyridine rings is 1. The summed E-state index contributed by atoms with van der Waals surface area (Å²) in [4.78, 5) is 6.71. The van der Waals surface area contributed by atoms with E-state index in [2.05, 4.69) is 16.8 Å². The first-order chi connectivity index (χ1) is 7.66. The second-order valence-electron chi connectivity index (χ2n) is 4.06. The van der Waals surface area contributed by atoms with Crippen LogP contribution in [0.2, 0.25) is 5.02 Å². The van der Waals surface area contributed by atoms with Crippen LogP contribution in [0.3, 0.4) is 0 Å². The number of rotatable bonds is 2. The minimum absolute atomic E-state index is 0.540. The molecule has 0 aromatic carbocycles. The number of hydrogen-bond acceptors (Lipinski definition) is 4. The molecule has 0 bridgehead atoms. The van der Waals surface area contributed by atoms with Crippen LogP contribution in [0.4, 0.5) is 5.82 Å². The Bertz CT molecular complexity index is 372. The summed E-state index contributed by atoms with van der Waals surface area (Å²) in [5, 5.41) is 0.708. The molecule has 0 radical (unpaired) electrons. The second kappa shape index (κ2) is 5.25. The number of anilines is 1. The van der Waals surface area contributed by atoms with Gasteiger partial charge in [-0.2, -0.15) is 11.8 Å². The van der Waals surface area contributed by atoms with Gasteiger partial charge in [-0.05, 0) is 19.1 Å². The number of aromatic nitrogens is 1. The summed E-state index contributed by atoms with van der Waals surface area (Å²) in [6.07, 6.45) is 0. The van der Waals surface area contributed by atoms with Crippen LogP contribution in [0.15, 0.2) is 12.1 Å². The van der Waals surface area contributed by atoms with Gasteiger partial charge in [-0.25, -0.2) is 4.98 Å². The minimum Gasteiger partial charge on any atom is -0.384 e. The van der Waals surface area contributed by atoms with Crippen molar-refractivity contribution in [3.8, 4) is 0 Å². The van der Waals surface area contributed by atoms with E-state index in [-0.39, 0.29) is 0 Å². The summed E-state index contributed by atoms with van der Waals surface area (Å²) >= 11 is 8.12. The van der Waals surface area contributed by atoms with E-state index in [1.54, 1.807) is 6.07 Å². The summed E-state index contributed by atoms with van der Waals surface area (Å²) in [6.45, 7) is 4.14. The molecule has 1 aliphatic rings. The van der Waals surface area contributed by atoms with Gasteiger partial charge in [-0.15, -0.1) is 0 Å². The maximum absolute atomic E-state index is 6.11. The molecular formula is C11H16ClN3S. The topological polar surface area (TPSA) is 42.2 Å². The Hall–Kier alpha value is -0.450. The van der Waals surface area contributed by atoms with E-state index in [9.17, 15) is 0 Å². The van der Waals surface area contributed by atoms with Gasteiger partial charge < -0.3 is 5.73 Å². The number of hydrogen-bond donors (Lipinski definition) is 1. The molecule has 0 aliphatic carbocycles. The normalized spacial score (nSPS) is 22.2. The number of halogens is 1. The van der Waals surface area contributed by atoms with Crippen molar-refractivity contribution in [2.45, 2.75) is 19.5 Å². The molecule has 16 heavy (non-hydrogen) atoms. The van der Waals surface area contributed by atoms with Crippen molar-refractivity contribution in [2.75, 3.05) is 23.8 Å². The highest BCUT2D eigenvalue weighted by Gasteiger charge is 2.20. The lowest BCUT2D eigenvalue weighted by Crippen LogP contribution is -2.39. The maximum atomic E-state index is 6.11. The van der Waals surface area contributed by atoms with Crippen molar-refractivity contribution in [3.63, 3.8) is 0 Å². The number of nitrogens with two attached hydrogens (primary N) is 1. The minimum atomic E-state index is 0.540. The Morgan fingerprint density at radius 1 is 1.62 bits per heavy atom. The standard InChI is InChI=1S/C11H16ClN3S/c1-8-7-16-5-4-15(8)6-10-9(12)2-3-11(13)14-10/h2-3,8H,4-7H2,1H3,(H2,13,14). The Balaban J connectivity index is 2.10. The largest absolute Gasteiger partial charge is 0.384 e. The first-order valence-electron chi connectivity index (χ1n) is 5.39. The Morgan fingerprint density at radius 3 is 3.19 bits per heavy atom. The molecule has 2 N–H and O–H groups in total. The van der Waals surface area contributed by atoms with Crippen molar-refractivity contribution in [1.82, 2.24) is 9.88 Å². The van der Waals surface area contributed by atoms with Gasteiger partial charge in [0.25, 0.3) is 0 Å². The fourth-order valence-electron chi connectivity index (χ4n) is 1.80. The van der Waals surface area contributed by atoms with Gasteiger partial charge in [-0.1, -0.05) is 11.6 Å². The molecular weight excluding hydrogens is 242 g/mol. The van der Waals surface area contributed by atoms with Crippen LogP contribution in [0.25, 0.3) is 0 Å². The maximum Gasteiger partial charge on any atom is 0.123 e. The van der Waals surface area contributed by atoms with Crippen LogP contribution in [0.1, 0.15) is 12.6 Å². The number of thioether (sulfide) groups is 1. The average molecular weight is 258 g/mol. The lowest BCUT2D eigenvalue weighted by atomic mass is 10.2. The molecule has 1 fully saturated rings. The predicted molar refractivity (Wildman–Crippen MR) is 70.9 cm³/mol. The van der Waals surface area contributed by atoms with Crippen molar-refractivity contribution >= 4 is 29.2 Å². The van der Waals surface area contributed by atoms with Crippen molar-refractivity contribution in [1.29, 1.82) is 0 Å². The molecule has 2 heterocycles. The summed E-state index contributed by atoms with van der Waals surface area (Å²) in [6, 6.07) is 4.14. The lowest BCUT2D eigenvalue weighted by Gasteiger charge is -2.32. The highest BCUT2D eigenvalue weighted by molar-refractivity contribution is 7.99. The van der Waals surface area contributed by atoms with Crippen LogP contribution >= 0.6 is 23.4 Å². The molecule has 1 aromatic heterocycles. The Kier molecular flexibility index (Phi) is 3.95. The average Bonchev–Trinajstić information content (AvgIpc) is 2.27. The molecule has 0 amide bonds. The van der Waals surface area contributed by atoms with E-state index in [1.807, 2.05) is 17.8 Å². The van der Waals surface area contributed by atoms with E-state index in [0.29, 0.717) is 16.9 Å². The number of nitrogens with zero attached hydrogens (tertiary/aromatic N) is 2. The first kappa shape index (κ1) is 12.0. The predicted octanol–water partition coefficient (Wildman–Crippen LogP) is 2.25. The molecule has 2 rings (SSSR count). The van der Waals surface area contributed by atoms with Gasteiger partial charge in [0.15, 0.2) is 0 Å². The highest BCUT2D eigenvalue weighted by atomic mass is 35.5. The zero-order chi connectivity index (χ0) is 11.5. The van der Waals surface area contributed by atoms with Gasteiger partial charge >= 0.3 is 0 Å². The Labute approximate surface area is 105 Å². The third-order valence-electron chi connectivity index (χ3n) is 2.80. The molecule has 1 aliphatic heterocycles. The van der Waals surface area contributed by atoms with Gasteiger partial charge in [-0.3, -0.25) is 4.90 Å². The second-order valence-corrected chi connectivity index (χ2v) is 5.62. The third-order valence-corrected chi connectivity index (χ3v) is 4.33. The SMILES string of the molecule is CC1CSCCN1Cc1nc(N)ccc1Cl. The van der Waals surface area contributed by atoms with Crippen molar-refractivity contribution in [3.05, 3.63) is 22.8 Å². The fourth-order valence-corrected chi connectivity index (χ4v) is 3.05. The molecule has 1 aromatic rings. The van der Waals surface area contributed by atoms with E-state index in [1.165, 1.54) is 11.5 Å². The molecule has 1 saturated heterocycles. The smallest absolute Gasteiger partial charge is 0.123 e. The number of nitrogen functional groups attached to an aromatic ring is 1. The summed E-state index contributed by atoms with van der Waals surface area (Å²) in [5.41, 5.74) is 6.56. The van der Waals surface area contributed by atoms with E-state index >= 15 is 0 Å². The summed E-state index contributed by atoms with van der Waals surface area (Å²) < 4.78 is 0. The zero-order valence-corrected chi connectivity index (χ0v) is 10.9. The molecule has 3 nitrogen and oxygen atoms in total. The van der Waals surface area contributed by atoms with E-state index < -0.39 is 0 Å². The molecule has 0 spiro atoms. The van der Waals surface area contributed by atoms with Crippen LogP contribution in [0, 0.1) is 0 Å².